The highest BCUT2D eigenvalue weighted by atomic mass is 19.1. The molecule has 0 amide bonds. The summed E-state index contributed by atoms with van der Waals surface area (Å²) in [4.78, 5) is 24.3. The molecule has 49 heavy (non-hydrogen) atoms. The summed E-state index contributed by atoms with van der Waals surface area (Å²) in [5.74, 6) is 0.672. The summed E-state index contributed by atoms with van der Waals surface area (Å²) in [6, 6.07) is 2.06. The van der Waals surface area contributed by atoms with Gasteiger partial charge in [0, 0.05) is 42.8 Å². The van der Waals surface area contributed by atoms with Gasteiger partial charge in [-0.1, -0.05) is 0 Å². The minimum atomic E-state index is -0.530. The molecule has 1 unspecified atom stereocenters. The van der Waals surface area contributed by atoms with Crippen molar-refractivity contribution < 1.29 is 23.3 Å². The van der Waals surface area contributed by atoms with E-state index >= 15 is 4.39 Å². The van der Waals surface area contributed by atoms with E-state index in [0.29, 0.717) is 79.4 Å². The predicted octanol–water partition coefficient (Wildman–Crippen LogP) is 5.54. The van der Waals surface area contributed by atoms with E-state index < -0.39 is 5.82 Å². The Morgan fingerprint density at radius 1 is 1.04 bits per heavy atom. The normalized spacial score (nSPS) is 25.2. The minimum absolute atomic E-state index is 0.00379. The lowest BCUT2D eigenvalue weighted by molar-refractivity contribution is 0.0227. The van der Waals surface area contributed by atoms with Crippen LogP contribution in [-0.2, 0) is 9.47 Å². The molecular formula is C37H46FN7O4. The standard InChI is InChI=1S/C37H46FN7O4/c1-22-17-26(39)25(18-40-27-7-2-3-16-47-27)29(28(22)23-8-9-23)32-31(38)33-30-34(45-14-6-15-46-19-24(45)20-48-35(30)41-32)43-36(42-33)49-21-37-10-4-12-44(37)13-5-11-37/h17-18,23-24,27H,2-16,19-21,39H2,1H3/b40-18+/t24-,27?/m0/s1. The van der Waals surface area contributed by atoms with E-state index in [9.17, 15) is 0 Å². The maximum atomic E-state index is 17.5. The monoisotopic (exact) mass is 671 g/mol. The molecule has 1 saturated carbocycles. The summed E-state index contributed by atoms with van der Waals surface area (Å²) in [5.41, 5.74) is 11.0. The molecule has 7 heterocycles. The van der Waals surface area contributed by atoms with Crippen LogP contribution in [0.2, 0.25) is 0 Å². The van der Waals surface area contributed by atoms with Crippen LogP contribution >= 0.6 is 0 Å². The van der Waals surface area contributed by atoms with Crippen LogP contribution in [0.1, 0.15) is 86.8 Å². The lowest BCUT2D eigenvalue weighted by atomic mass is 9.89. The van der Waals surface area contributed by atoms with Gasteiger partial charge in [0.15, 0.2) is 5.82 Å². The van der Waals surface area contributed by atoms with Gasteiger partial charge in [0.2, 0.25) is 5.88 Å². The number of halogens is 1. The Kier molecular flexibility index (Phi) is 8.08. The average molecular weight is 672 g/mol. The second-order valence-electron chi connectivity index (χ2n) is 14.8. The van der Waals surface area contributed by atoms with Crippen molar-refractivity contribution in [3.63, 3.8) is 0 Å². The van der Waals surface area contributed by atoms with Crippen molar-refractivity contribution in [3.8, 4) is 23.1 Å². The van der Waals surface area contributed by atoms with Gasteiger partial charge in [0.25, 0.3) is 0 Å². The smallest absolute Gasteiger partial charge is 0.319 e. The predicted molar refractivity (Wildman–Crippen MR) is 185 cm³/mol. The van der Waals surface area contributed by atoms with Gasteiger partial charge in [-0.15, -0.1) is 0 Å². The number of rotatable bonds is 7. The Balaban J connectivity index is 1.22. The molecule has 2 atom stereocenters. The molecule has 3 aromatic rings. The number of ether oxygens (including phenoxy) is 4. The zero-order chi connectivity index (χ0) is 33.1. The Morgan fingerprint density at radius 2 is 1.90 bits per heavy atom. The minimum Gasteiger partial charge on any atom is -0.475 e. The highest BCUT2D eigenvalue weighted by Gasteiger charge is 2.45. The second kappa shape index (κ2) is 12.6. The van der Waals surface area contributed by atoms with Crippen LogP contribution in [0, 0.1) is 12.7 Å². The number of aliphatic imine (C=N–C) groups is 1. The van der Waals surface area contributed by atoms with Crippen molar-refractivity contribution >= 4 is 28.6 Å². The molecule has 0 bridgehead atoms. The molecule has 6 aliphatic rings. The van der Waals surface area contributed by atoms with E-state index in [1.165, 1.54) is 0 Å². The van der Waals surface area contributed by atoms with E-state index in [4.69, 9.17) is 44.6 Å². The number of hydrogen-bond acceptors (Lipinski definition) is 11. The topological polar surface area (TPSA) is 120 Å². The molecule has 5 aliphatic heterocycles. The first-order valence-electron chi connectivity index (χ1n) is 18.3. The second-order valence-corrected chi connectivity index (χ2v) is 14.8. The number of aryl methyl sites for hydroxylation is 1. The van der Waals surface area contributed by atoms with Crippen LogP contribution in [0.5, 0.6) is 11.9 Å². The number of fused-ring (bicyclic) bond motifs is 3. The molecular weight excluding hydrogens is 625 g/mol. The molecule has 9 rings (SSSR count). The van der Waals surface area contributed by atoms with Crippen molar-refractivity contribution in [2.45, 2.75) is 94.9 Å². The van der Waals surface area contributed by atoms with Crippen molar-refractivity contribution in [1.29, 1.82) is 0 Å². The van der Waals surface area contributed by atoms with Crippen molar-refractivity contribution in [2.24, 2.45) is 4.99 Å². The lowest BCUT2D eigenvalue weighted by Gasteiger charge is -2.31. The Labute approximate surface area is 286 Å². The first-order chi connectivity index (χ1) is 24.0. The number of pyridine rings is 1. The number of nitrogen functional groups attached to an aromatic ring is 1. The van der Waals surface area contributed by atoms with Gasteiger partial charge in [-0.25, -0.2) is 9.37 Å². The van der Waals surface area contributed by atoms with Crippen LogP contribution in [0.4, 0.5) is 15.9 Å². The molecule has 2 N–H and O–H groups in total. The largest absolute Gasteiger partial charge is 0.475 e. The van der Waals surface area contributed by atoms with Crippen molar-refractivity contribution in [2.75, 3.05) is 63.3 Å². The number of nitrogens with zero attached hydrogens (tertiary/aromatic N) is 6. The molecule has 4 saturated heterocycles. The summed E-state index contributed by atoms with van der Waals surface area (Å²) < 4.78 is 42.3. The Hall–Kier alpha value is -3.61. The van der Waals surface area contributed by atoms with Crippen LogP contribution in [0.3, 0.4) is 0 Å². The van der Waals surface area contributed by atoms with Gasteiger partial charge in [0.05, 0.1) is 18.2 Å². The summed E-state index contributed by atoms with van der Waals surface area (Å²) in [7, 11) is 0. The van der Waals surface area contributed by atoms with Crippen molar-refractivity contribution in [1.82, 2.24) is 19.9 Å². The molecule has 1 aromatic carbocycles. The molecule has 260 valence electrons. The van der Waals surface area contributed by atoms with Gasteiger partial charge in [-0.2, -0.15) is 9.97 Å². The van der Waals surface area contributed by atoms with Gasteiger partial charge in [0.1, 0.15) is 41.9 Å². The molecule has 0 spiro atoms. The van der Waals surface area contributed by atoms with E-state index in [0.717, 1.165) is 88.4 Å². The maximum absolute atomic E-state index is 17.5. The SMILES string of the molecule is Cc1cc(N)c(/C=N/C2CCCCO2)c(-c2nc3c4c(nc(OCC56CCCN5CCC6)nc4c2F)N2CCCOC[C@H]2CO3)c1C1CC1. The highest BCUT2D eigenvalue weighted by molar-refractivity contribution is 6.02. The fourth-order valence-electron chi connectivity index (χ4n) is 8.89. The summed E-state index contributed by atoms with van der Waals surface area (Å²) in [5, 5.41) is 0.471. The lowest BCUT2D eigenvalue weighted by Crippen LogP contribution is -2.43. The Morgan fingerprint density at radius 3 is 2.69 bits per heavy atom. The van der Waals surface area contributed by atoms with E-state index in [1.54, 1.807) is 6.21 Å². The zero-order valence-electron chi connectivity index (χ0n) is 28.4. The number of anilines is 2. The zero-order valence-corrected chi connectivity index (χ0v) is 28.4. The van der Waals surface area contributed by atoms with E-state index in [-0.39, 0.29) is 35.0 Å². The van der Waals surface area contributed by atoms with Gasteiger partial charge in [-0.3, -0.25) is 9.89 Å². The van der Waals surface area contributed by atoms with Gasteiger partial charge < -0.3 is 29.6 Å². The van der Waals surface area contributed by atoms with Crippen LogP contribution in [0.25, 0.3) is 22.2 Å². The number of aromatic nitrogens is 3. The third kappa shape index (κ3) is 5.60. The van der Waals surface area contributed by atoms with Crippen LogP contribution in [-0.4, -0.2) is 96.5 Å². The molecule has 5 fully saturated rings. The van der Waals surface area contributed by atoms with E-state index in [1.807, 2.05) is 13.0 Å². The quantitative estimate of drug-likeness (QED) is 0.253. The van der Waals surface area contributed by atoms with Crippen LogP contribution in [0.15, 0.2) is 11.1 Å². The molecule has 11 nitrogen and oxygen atoms in total. The third-order valence-electron chi connectivity index (χ3n) is 11.5. The first kappa shape index (κ1) is 31.4. The van der Waals surface area contributed by atoms with E-state index in [2.05, 4.69) is 9.80 Å². The van der Waals surface area contributed by atoms with Gasteiger partial charge >= 0.3 is 6.01 Å². The number of benzene rings is 1. The maximum Gasteiger partial charge on any atom is 0.319 e. The fourth-order valence-corrected chi connectivity index (χ4v) is 8.89. The fraction of sp³-hybridized carbons (Fsp3) is 0.622. The average Bonchev–Trinajstić information content (AvgIpc) is 3.83. The highest BCUT2D eigenvalue weighted by Crippen LogP contribution is 2.50. The Bertz CT molecular complexity index is 1780. The van der Waals surface area contributed by atoms with Gasteiger partial charge in [-0.05, 0) is 107 Å². The molecule has 12 heteroatoms. The summed E-state index contributed by atoms with van der Waals surface area (Å²) >= 11 is 0. The summed E-state index contributed by atoms with van der Waals surface area (Å²) in [6.45, 7) is 7.55. The van der Waals surface area contributed by atoms with Crippen LogP contribution < -0.4 is 20.1 Å². The van der Waals surface area contributed by atoms with Crippen molar-refractivity contribution in [3.05, 3.63) is 28.6 Å². The molecule has 2 aromatic heterocycles. The molecule has 1 aliphatic carbocycles. The molecule has 0 radical (unpaired) electrons. The summed E-state index contributed by atoms with van der Waals surface area (Å²) in [6.07, 6.45) is 11.8. The first-order valence-corrected chi connectivity index (χ1v) is 18.3. The number of nitrogens with two attached hydrogens (primary N) is 1. The number of hydrogen-bond donors (Lipinski definition) is 1. The third-order valence-corrected chi connectivity index (χ3v) is 11.5.